The fraction of sp³-hybridized carbons (Fsp3) is 0.143. The Balaban J connectivity index is 2.28. The van der Waals surface area contributed by atoms with Crippen LogP contribution in [0.3, 0.4) is 0 Å². The summed E-state index contributed by atoms with van der Waals surface area (Å²) in [4.78, 5) is 0.695. The average Bonchev–Trinajstić information content (AvgIpc) is 2.31. The lowest BCUT2D eigenvalue weighted by atomic mass is 10.2. The highest BCUT2D eigenvalue weighted by Crippen LogP contribution is 2.23. The normalized spacial score (nSPS) is 12.4. The lowest BCUT2D eigenvalue weighted by Crippen LogP contribution is -2.01. The molecule has 5 heteroatoms. The molecular weight excluding hydrogens is 329 g/mol. The van der Waals surface area contributed by atoms with Crippen LogP contribution in [0.5, 0.6) is 0 Å². The minimum atomic E-state index is -1.24. The first-order chi connectivity index (χ1) is 8.97. The van der Waals surface area contributed by atoms with Crippen molar-refractivity contribution in [1.29, 1.82) is 0 Å². The Labute approximate surface area is 122 Å². The van der Waals surface area contributed by atoms with Crippen LogP contribution in [-0.2, 0) is 16.6 Å². The van der Waals surface area contributed by atoms with Crippen molar-refractivity contribution in [3.8, 4) is 0 Å². The van der Waals surface area contributed by atoms with Gasteiger partial charge in [-0.1, -0.05) is 22.0 Å². The van der Waals surface area contributed by atoms with E-state index in [0.717, 1.165) is 5.56 Å². The Bertz CT molecular complexity index is 625. The van der Waals surface area contributed by atoms with E-state index < -0.39 is 10.8 Å². The molecule has 0 aromatic heterocycles. The monoisotopic (exact) mass is 341 g/mol. The Hall–Kier alpha value is -1.20. The third kappa shape index (κ3) is 3.42. The number of hydrogen-bond donors (Lipinski definition) is 1. The average molecular weight is 342 g/mol. The maximum Gasteiger partial charge on any atom is 0.124 e. The van der Waals surface area contributed by atoms with Gasteiger partial charge in [-0.3, -0.25) is 4.21 Å². The lowest BCUT2D eigenvalue weighted by molar-refractivity contribution is 0.625. The van der Waals surface area contributed by atoms with E-state index in [4.69, 9.17) is 5.73 Å². The molecule has 1 atom stereocenters. The van der Waals surface area contributed by atoms with Crippen molar-refractivity contribution in [2.24, 2.45) is 0 Å². The van der Waals surface area contributed by atoms with Crippen LogP contribution >= 0.6 is 15.9 Å². The fourth-order valence-electron chi connectivity index (χ4n) is 1.80. The van der Waals surface area contributed by atoms with Crippen molar-refractivity contribution < 1.29 is 8.60 Å². The van der Waals surface area contributed by atoms with E-state index in [1.165, 1.54) is 12.1 Å². The topological polar surface area (TPSA) is 43.1 Å². The van der Waals surface area contributed by atoms with Gasteiger partial charge in [0, 0.05) is 15.1 Å². The second-order valence-corrected chi connectivity index (χ2v) is 6.57. The first kappa shape index (κ1) is 14.2. The Kier molecular flexibility index (Phi) is 4.37. The summed E-state index contributed by atoms with van der Waals surface area (Å²) in [6.07, 6.45) is 0. The van der Waals surface area contributed by atoms with Crippen molar-refractivity contribution >= 4 is 32.4 Å². The highest BCUT2D eigenvalue weighted by atomic mass is 79.9. The van der Waals surface area contributed by atoms with E-state index >= 15 is 0 Å². The summed E-state index contributed by atoms with van der Waals surface area (Å²) in [5.41, 5.74) is 7.92. The van der Waals surface area contributed by atoms with Gasteiger partial charge in [-0.05, 0) is 48.4 Å². The zero-order chi connectivity index (χ0) is 14.0. The van der Waals surface area contributed by atoms with Gasteiger partial charge in [0.05, 0.1) is 16.6 Å². The highest BCUT2D eigenvalue weighted by Gasteiger charge is 2.11. The first-order valence-electron chi connectivity index (χ1n) is 5.66. The molecule has 1 unspecified atom stereocenters. The number of anilines is 1. The maximum absolute atomic E-state index is 13.3. The van der Waals surface area contributed by atoms with Gasteiger partial charge in [0.2, 0.25) is 0 Å². The first-order valence-corrected chi connectivity index (χ1v) is 7.77. The van der Waals surface area contributed by atoms with Gasteiger partial charge in [0.1, 0.15) is 5.82 Å². The summed E-state index contributed by atoms with van der Waals surface area (Å²) < 4.78 is 26.2. The molecule has 0 spiro atoms. The predicted molar refractivity (Wildman–Crippen MR) is 79.8 cm³/mol. The summed E-state index contributed by atoms with van der Waals surface area (Å²) in [7, 11) is -1.24. The molecule has 0 saturated carbocycles. The number of rotatable bonds is 3. The molecule has 0 radical (unpaired) electrons. The summed E-state index contributed by atoms with van der Waals surface area (Å²) >= 11 is 3.23. The number of halogens is 2. The van der Waals surface area contributed by atoms with Crippen molar-refractivity contribution in [3.63, 3.8) is 0 Å². The van der Waals surface area contributed by atoms with Crippen molar-refractivity contribution in [2.75, 3.05) is 5.73 Å². The molecule has 0 fully saturated rings. The van der Waals surface area contributed by atoms with Crippen LogP contribution in [0.25, 0.3) is 0 Å². The fourth-order valence-corrected chi connectivity index (χ4v) is 3.63. The molecule has 2 aromatic carbocycles. The molecule has 2 aromatic rings. The highest BCUT2D eigenvalue weighted by molar-refractivity contribution is 9.10. The largest absolute Gasteiger partial charge is 0.398 e. The quantitative estimate of drug-likeness (QED) is 0.863. The molecule has 2 rings (SSSR count). The summed E-state index contributed by atoms with van der Waals surface area (Å²) in [6, 6.07) is 9.87. The minimum absolute atomic E-state index is 0.265. The van der Waals surface area contributed by atoms with E-state index in [1.54, 1.807) is 24.3 Å². The number of nitrogens with two attached hydrogens (primary N) is 1. The molecule has 2 N–H and O–H groups in total. The maximum atomic E-state index is 13.3. The molecule has 0 aliphatic heterocycles. The molecule has 100 valence electrons. The Morgan fingerprint density at radius 3 is 2.74 bits per heavy atom. The lowest BCUT2D eigenvalue weighted by Gasteiger charge is -2.08. The molecule has 19 heavy (non-hydrogen) atoms. The second kappa shape index (κ2) is 5.84. The molecule has 0 aliphatic carbocycles. The van der Waals surface area contributed by atoms with Crippen molar-refractivity contribution in [2.45, 2.75) is 17.6 Å². The van der Waals surface area contributed by atoms with E-state index in [2.05, 4.69) is 15.9 Å². The molecular formula is C14H13BrFNOS. The molecule has 0 saturated heterocycles. The van der Waals surface area contributed by atoms with Gasteiger partial charge in [-0.2, -0.15) is 0 Å². The van der Waals surface area contributed by atoms with Gasteiger partial charge >= 0.3 is 0 Å². The van der Waals surface area contributed by atoms with E-state index in [9.17, 15) is 8.60 Å². The van der Waals surface area contributed by atoms with E-state index in [1.807, 2.05) is 6.92 Å². The van der Waals surface area contributed by atoms with E-state index in [0.29, 0.717) is 20.6 Å². The zero-order valence-electron chi connectivity index (χ0n) is 10.3. The zero-order valence-corrected chi connectivity index (χ0v) is 12.7. The number of nitrogen functional groups attached to an aromatic ring is 1. The molecule has 0 heterocycles. The smallest absolute Gasteiger partial charge is 0.124 e. The summed E-state index contributed by atoms with van der Waals surface area (Å²) in [6.45, 7) is 1.84. The SMILES string of the molecule is Cc1c(N)cccc1S(=O)Cc1cc(F)cc(Br)c1. The molecule has 0 bridgehead atoms. The number of benzene rings is 2. The van der Waals surface area contributed by atoms with Crippen LogP contribution in [0, 0.1) is 12.7 Å². The molecule has 0 aliphatic rings. The second-order valence-electron chi connectivity index (χ2n) is 4.24. The van der Waals surface area contributed by atoms with Crippen LogP contribution in [0.15, 0.2) is 45.8 Å². The van der Waals surface area contributed by atoms with E-state index in [-0.39, 0.29) is 11.6 Å². The molecule has 0 amide bonds. The van der Waals surface area contributed by atoms with Crippen LogP contribution in [0.1, 0.15) is 11.1 Å². The molecule has 2 nitrogen and oxygen atoms in total. The predicted octanol–water partition coefficient (Wildman–Crippen LogP) is 3.79. The summed E-state index contributed by atoms with van der Waals surface area (Å²) in [5, 5.41) is 0. The van der Waals surface area contributed by atoms with Crippen LogP contribution in [-0.4, -0.2) is 4.21 Å². The van der Waals surface area contributed by atoms with Crippen LogP contribution in [0.2, 0.25) is 0 Å². The van der Waals surface area contributed by atoms with Gasteiger partial charge < -0.3 is 5.73 Å². The summed E-state index contributed by atoms with van der Waals surface area (Å²) in [5.74, 6) is -0.0774. The standard InChI is InChI=1S/C14H13BrFNOS/c1-9-13(17)3-2-4-14(9)19(18)8-10-5-11(15)7-12(16)6-10/h2-7H,8,17H2,1H3. The van der Waals surface area contributed by atoms with Crippen LogP contribution in [0.4, 0.5) is 10.1 Å². The van der Waals surface area contributed by atoms with Gasteiger partial charge in [0.15, 0.2) is 0 Å². The minimum Gasteiger partial charge on any atom is -0.398 e. The number of hydrogen-bond acceptors (Lipinski definition) is 2. The Morgan fingerprint density at radius 2 is 2.05 bits per heavy atom. The third-order valence-electron chi connectivity index (χ3n) is 2.79. The third-order valence-corrected chi connectivity index (χ3v) is 4.78. The van der Waals surface area contributed by atoms with Gasteiger partial charge in [-0.15, -0.1) is 0 Å². The van der Waals surface area contributed by atoms with Gasteiger partial charge in [-0.25, -0.2) is 4.39 Å². The Morgan fingerprint density at radius 1 is 1.32 bits per heavy atom. The van der Waals surface area contributed by atoms with Crippen molar-refractivity contribution in [1.82, 2.24) is 0 Å². The van der Waals surface area contributed by atoms with Crippen LogP contribution < -0.4 is 5.73 Å². The van der Waals surface area contributed by atoms with Crippen molar-refractivity contribution in [3.05, 3.63) is 57.8 Å². The van der Waals surface area contributed by atoms with Gasteiger partial charge in [0.25, 0.3) is 0 Å².